The highest BCUT2D eigenvalue weighted by Gasteiger charge is 2.42. The number of aryl methyl sites for hydroxylation is 1. The molecule has 1 fully saturated rings. The Morgan fingerprint density at radius 3 is 2.28 bits per heavy atom. The predicted octanol–water partition coefficient (Wildman–Crippen LogP) is 5.58. The van der Waals surface area contributed by atoms with Gasteiger partial charge in [-0.2, -0.15) is 0 Å². The van der Waals surface area contributed by atoms with E-state index in [0.29, 0.717) is 36.0 Å². The topological polar surface area (TPSA) is 125 Å². The van der Waals surface area contributed by atoms with Gasteiger partial charge >= 0.3 is 0 Å². The molecule has 0 spiro atoms. The van der Waals surface area contributed by atoms with Crippen LogP contribution in [-0.4, -0.2) is 51.2 Å². The van der Waals surface area contributed by atoms with Crippen molar-refractivity contribution in [3.05, 3.63) is 119 Å². The molecule has 1 saturated heterocycles. The Hall–Kier alpha value is -4.48. The minimum Gasteiger partial charge on any atom is -0.493 e. The number of thioether (sulfide) groups is 1. The Bertz CT molecular complexity index is 1780. The number of anilines is 1. The van der Waals surface area contributed by atoms with Gasteiger partial charge in [-0.05, 0) is 72.0 Å². The van der Waals surface area contributed by atoms with E-state index in [2.05, 4.69) is 0 Å². The third-order valence-electron chi connectivity index (χ3n) is 7.70. The smallest absolute Gasteiger partial charge is 0.248 e. The number of rotatable bonds is 14. The molecule has 11 heteroatoms. The van der Waals surface area contributed by atoms with Gasteiger partial charge in [-0.25, -0.2) is 8.42 Å². The summed E-state index contributed by atoms with van der Waals surface area (Å²) in [7, 11) is -0.403. The van der Waals surface area contributed by atoms with Crippen LogP contribution in [0.15, 0.2) is 97.1 Å². The van der Waals surface area contributed by atoms with Crippen LogP contribution in [0.1, 0.15) is 38.8 Å². The number of sulfone groups is 1. The fourth-order valence-electron chi connectivity index (χ4n) is 5.20. The Balaban J connectivity index is 1.30. The largest absolute Gasteiger partial charge is 0.493 e. The average Bonchev–Trinajstić information content (AvgIpc) is 3.41. The first-order valence-corrected chi connectivity index (χ1v) is 17.5. The third-order valence-corrected chi connectivity index (χ3v) is 10.9. The molecule has 0 bridgehead atoms. The van der Waals surface area contributed by atoms with Gasteiger partial charge in [0.05, 0.1) is 31.0 Å². The molecule has 5 rings (SSSR count). The SMILES string of the molecule is COc1ccc(CCS(=O)(=O)CCC2SC(c3ccc(OCc4ccccc4)cc3)N(c3cccc(C(N)=O)c3)C2=O)cc1OC. The molecule has 1 aliphatic rings. The third kappa shape index (κ3) is 8.02. The van der Waals surface area contributed by atoms with E-state index in [0.717, 1.165) is 16.7 Å². The molecular weight excluding hydrogens is 625 g/mol. The molecule has 4 aromatic carbocycles. The molecule has 0 aliphatic carbocycles. The number of primary amides is 1. The molecular formula is C35H36N2O7S2. The molecule has 240 valence electrons. The maximum absolute atomic E-state index is 13.9. The van der Waals surface area contributed by atoms with E-state index in [4.69, 9.17) is 19.9 Å². The number of benzene rings is 4. The quantitative estimate of drug-likeness (QED) is 0.186. The van der Waals surface area contributed by atoms with Gasteiger partial charge in [-0.3, -0.25) is 14.5 Å². The number of carbonyl (C=O) groups is 2. The maximum atomic E-state index is 13.9. The van der Waals surface area contributed by atoms with Crippen LogP contribution in [0.2, 0.25) is 0 Å². The van der Waals surface area contributed by atoms with Gasteiger partial charge in [0.25, 0.3) is 0 Å². The minimum absolute atomic E-state index is 0.0632. The molecule has 2 N–H and O–H groups in total. The highest BCUT2D eigenvalue weighted by Crippen LogP contribution is 2.47. The molecule has 0 aromatic heterocycles. The number of hydrogen-bond acceptors (Lipinski definition) is 8. The summed E-state index contributed by atoms with van der Waals surface area (Å²) >= 11 is 1.39. The summed E-state index contributed by atoms with van der Waals surface area (Å²) < 4.78 is 42.8. The Morgan fingerprint density at radius 2 is 1.59 bits per heavy atom. The minimum atomic E-state index is -3.48. The van der Waals surface area contributed by atoms with E-state index in [-0.39, 0.29) is 29.4 Å². The van der Waals surface area contributed by atoms with Gasteiger partial charge in [-0.15, -0.1) is 11.8 Å². The summed E-state index contributed by atoms with van der Waals surface area (Å²) in [5, 5.41) is -1.05. The number of carbonyl (C=O) groups excluding carboxylic acids is 2. The van der Waals surface area contributed by atoms with Gasteiger partial charge in [0.1, 0.15) is 17.7 Å². The number of amides is 2. The summed E-state index contributed by atoms with van der Waals surface area (Å²) in [6.45, 7) is 0.422. The summed E-state index contributed by atoms with van der Waals surface area (Å²) in [4.78, 5) is 27.4. The van der Waals surface area contributed by atoms with E-state index in [1.807, 2.05) is 60.7 Å². The van der Waals surface area contributed by atoms with Crippen LogP contribution < -0.4 is 24.8 Å². The van der Waals surface area contributed by atoms with Crippen molar-refractivity contribution in [3.63, 3.8) is 0 Å². The van der Waals surface area contributed by atoms with Crippen molar-refractivity contribution in [2.45, 2.75) is 30.1 Å². The maximum Gasteiger partial charge on any atom is 0.248 e. The zero-order chi connectivity index (χ0) is 32.7. The normalized spacial score (nSPS) is 16.3. The van der Waals surface area contributed by atoms with Crippen molar-refractivity contribution >= 4 is 39.1 Å². The summed E-state index contributed by atoms with van der Waals surface area (Å²) in [5.41, 5.74) is 9.02. The Kier molecular flexibility index (Phi) is 10.5. The summed E-state index contributed by atoms with van der Waals surface area (Å²) in [6, 6.07) is 29.3. The van der Waals surface area contributed by atoms with Crippen molar-refractivity contribution in [2.24, 2.45) is 5.73 Å². The molecule has 1 heterocycles. The average molecular weight is 661 g/mol. The molecule has 2 amide bonds. The number of nitrogens with zero attached hydrogens (tertiary/aromatic N) is 1. The van der Waals surface area contributed by atoms with Crippen LogP contribution in [0, 0.1) is 0 Å². The molecule has 1 aliphatic heterocycles. The standard InChI is InChI=1S/C35H36N2O7S2/c1-42-30-16-11-24(21-31(30)43-2)17-19-46(40,41)20-18-32-34(39)37(28-10-6-9-27(22-28)33(36)38)35(45-32)26-12-14-29(15-13-26)44-23-25-7-4-3-5-8-25/h3-16,21-22,32,35H,17-20,23H2,1-2H3,(H2,36,38). The monoisotopic (exact) mass is 660 g/mol. The van der Waals surface area contributed by atoms with Gasteiger partial charge < -0.3 is 19.9 Å². The Labute approximate surface area is 273 Å². The van der Waals surface area contributed by atoms with Crippen LogP contribution in [0.25, 0.3) is 0 Å². The lowest BCUT2D eigenvalue weighted by molar-refractivity contribution is -0.117. The summed E-state index contributed by atoms with van der Waals surface area (Å²) in [5.74, 6) is 0.755. The zero-order valence-electron chi connectivity index (χ0n) is 25.6. The number of nitrogens with two attached hydrogens (primary N) is 1. The highest BCUT2D eigenvalue weighted by molar-refractivity contribution is 8.01. The summed E-state index contributed by atoms with van der Waals surface area (Å²) in [6.07, 6.45) is 0.459. The van der Waals surface area contributed by atoms with Gasteiger partial charge in [0.15, 0.2) is 21.3 Å². The van der Waals surface area contributed by atoms with E-state index in [9.17, 15) is 18.0 Å². The van der Waals surface area contributed by atoms with E-state index in [1.54, 1.807) is 48.4 Å². The predicted molar refractivity (Wildman–Crippen MR) is 180 cm³/mol. The van der Waals surface area contributed by atoms with Crippen molar-refractivity contribution in [3.8, 4) is 17.2 Å². The van der Waals surface area contributed by atoms with Crippen LogP contribution in [0.5, 0.6) is 17.2 Å². The lowest BCUT2D eigenvalue weighted by Crippen LogP contribution is -2.32. The fourth-order valence-corrected chi connectivity index (χ4v) is 8.16. The number of ether oxygens (including phenoxy) is 3. The van der Waals surface area contributed by atoms with Crippen LogP contribution in [0.3, 0.4) is 0 Å². The van der Waals surface area contributed by atoms with E-state index >= 15 is 0 Å². The van der Waals surface area contributed by atoms with E-state index in [1.165, 1.54) is 18.9 Å². The molecule has 0 radical (unpaired) electrons. The first-order chi connectivity index (χ1) is 22.2. The second kappa shape index (κ2) is 14.7. The molecule has 2 unspecified atom stereocenters. The van der Waals surface area contributed by atoms with Crippen molar-refractivity contribution < 1.29 is 32.2 Å². The lowest BCUT2D eigenvalue weighted by atomic mass is 10.1. The van der Waals surface area contributed by atoms with Crippen molar-refractivity contribution in [1.29, 1.82) is 0 Å². The van der Waals surface area contributed by atoms with Crippen LogP contribution >= 0.6 is 11.8 Å². The van der Waals surface area contributed by atoms with Gasteiger partial charge in [0.2, 0.25) is 11.8 Å². The second-order valence-electron chi connectivity index (χ2n) is 10.8. The number of methoxy groups -OCH3 is 2. The molecule has 2 atom stereocenters. The lowest BCUT2D eigenvalue weighted by Gasteiger charge is -2.25. The molecule has 0 saturated carbocycles. The molecule has 9 nitrogen and oxygen atoms in total. The van der Waals surface area contributed by atoms with Gasteiger partial charge in [0, 0.05) is 11.3 Å². The molecule has 4 aromatic rings. The Morgan fingerprint density at radius 1 is 0.848 bits per heavy atom. The fraction of sp³-hybridized carbons (Fsp3) is 0.257. The zero-order valence-corrected chi connectivity index (χ0v) is 27.3. The first-order valence-electron chi connectivity index (χ1n) is 14.7. The van der Waals surface area contributed by atoms with Crippen molar-refractivity contribution in [1.82, 2.24) is 0 Å². The van der Waals surface area contributed by atoms with Crippen LogP contribution in [-0.2, 0) is 27.7 Å². The second-order valence-corrected chi connectivity index (χ2v) is 14.4. The van der Waals surface area contributed by atoms with E-state index < -0.39 is 26.4 Å². The van der Waals surface area contributed by atoms with Crippen molar-refractivity contribution in [2.75, 3.05) is 30.6 Å². The highest BCUT2D eigenvalue weighted by atomic mass is 32.2. The van der Waals surface area contributed by atoms with Gasteiger partial charge in [-0.1, -0.05) is 54.6 Å². The number of hydrogen-bond donors (Lipinski definition) is 1. The first kappa shape index (κ1) is 32.9. The van der Waals surface area contributed by atoms with Crippen LogP contribution in [0.4, 0.5) is 5.69 Å². The molecule has 46 heavy (non-hydrogen) atoms.